The Morgan fingerprint density at radius 3 is 2.79 bits per heavy atom. The van der Waals surface area contributed by atoms with Gasteiger partial charge in [0.25, 0.3) is 0 Å². The zero-order valence-electron chi connectivity index (χ0n) is 8.69. The lowest BCUT2D eigenvalue weighted by Crippen LogP contribution is -2.10. The smallest absolute Gasteiger partial charge is 0.0592 e. The van der Waals surface area contributed by atoms with Crippen molar-refractivity contribution in [3.8, 4) is 0 Å². The van der Waals surface area contributed by atoms with Crippen LogP contribution in [0.5, 0.6) is 0 Å². The molecule has 2 nitrogen and oxygen atoms in total. The summed E-state index contributed by atoms with van der Waals surface area (Å²) in [5.74, 6) is 0. The van der Waals surface area contributed by atoms with Gasteiger partial charge in [0, 0.05) is 18.8 Å². The van der Waals surface area contributed by atoms with Gasteiger partial charge in [-0.05, 0) is 49.3 Å². The highest BCUT2D eigenvalue weighted by Crippen LogP contribution is 2.28. The molecule has 2 heteroatoms. The minimum atomic E-state index is 0.976. The second kappa shape index (κ2) is 3.06. The molecule has 0 saturated carbocycles. The Balaban J connectivity index is 2.20. The molecule has 0 atom stereocenters. The summed E-state index contributed by atoms with van der Waals surface area (Å²) in [6.07, 6.45) is 5.12. The second-order valence-corrected chi connectivity index (χ2v) is 4.40. The molecule has 0 unspecified atom stereocenters. The summed E-state index contributed by atoms with van der Waals surface area (Å²) in [7, 11) is 0. The van der Waals surface area contributed by atoms with E-state index in [-0.39, 0.29) is 0 Å². The molecule has 1 aliphatic carbocycles. The van der Waals surface area contributed by atoms with Gasteiger partial charge in [-0.1, -0.05) is 0 Å². The first-order valence-electron chi connectivity index (χ1n) is 5.57. The van der Waals surface area contributed by atoms with Crippen LogP contribution in [-0.4, -0.2) is 4.98 Å². The molecule has 74 valence electrons. The van der Waals surface area contributed by atoms with Gasteiger partial charge in [0.2, 0.25) is 0 Å². The Bertz CT molecular complexity index is 382. The molecule has 0 spiro atoms. The van der Waals surface area contributed by atoms with Crippen molar-refractivity contribution in [3.63, 3.8) is 0 Å². The minimum Gasteiger partial charge on any atom is -0.307 e. The zero-order chi connectivity index (χ0) is 9.54. The summed E-state index contributed by atoms with van der Waals surface area (Å²) >= 11 is 0. The van der Waals surface area contributed by atoms with Crippen LogP contribution in [0.15, 0.2) is 0 Å². The summed E-state index contributed by atoms with van der Waals surface area (Å²) in [5, 5.41) is 3.39. The van der Waals surface area contributed by atoms with Gasteiger partial charge in [0.15, 0.2) is 0 Å². The van der Waals surface area contributed by atoms with Gasteiger partial charge >= 0.3 is 0 Å². The summed E-state index contributed by atoms with van der Waals surface area (Å²) in [5.41, 5.74) is 7.25. The molecule has 0 saturated heterocycles. The number of aryl methyl sites for hydroxylation is 1. The summed E-state index contributed by atoms with van der Waals surface area (Å²) in [6.45, 7) is 4.28. The highest BCUT2D eigenvalue weighted by molar-refractivity contribution is 5.42. The van der Waals surface area contributed by atoms with E-state index in [1.807, 2.05) is 0 Å². The van der Waals surface area contributed by atoms with E-state index in [0.29, 0.717) is 0 Å². The van der Waals surface area contributed by atoms with Crippen molar-refractivity contribution < 1.29 is 0 Å². The highest BCUT2D eigenvalue weighted by Gasteiger charge is 2.21. The Hall–Kier alpha value is -0.890. The van der Waals surface area contributed by atoms with Gasteiger partial charge in [-0.2, -0.15) is 0 Å². The van der Waals surface area contributed by atoms with Crippen molar-refractivity contribution in [2.75, 3.05) is 0 Å². The first kappa shape index (κ1) is 8.42. The van der Waals surface area contributed by atoms with Crippen LogP contribution < -0.4 is 5.32 Å². The van der Waals surface area contributed by atoms with E-state index in [1.165, 1.54) is 48.2 Å². The molecule has 1 N–H and O–H groups in total. The number of pyridine rings is 1. The van der Waals surface area contributed by atoms with Crippen LogP contribution in [0.1, 0.15) is 40.9 Å². The fourth-order valence-electron chi connectivity index (χ4n) is 2.73. The predicted molar refractivity (Wildman–Crippen MR) is 56.2 cm³/mol. The van der Waals surface area contributed by atoms with Gasteiger partial charge in [-0.15, -0.1) is 0 Å². The normalized spacial score (nSPS) is 19.2. The van der Waals surface area contributed by atoms with Crippen molar-refractivity contribution in [1.82, 2.24) is 10.3 Å². The topological polar surface area (TPSA) is 24.9 Å². The van der Waals surface area contributed by atoms with Crippen LogP contribution in [0.3, 0.4) is 0 Å². The van der Waals surface area contributed by atoms with Crippen LogP contribution in [0.25, 0.3) is 0 Å². The molecule has 1 aromatic heterocycles. The number of nitrogens with one attached hydrogen (secondary N) is 1. The fraction of sp³-hybridized carbons (Fsp3) is 0.583. The van der Waals surface area contributed by atoms with Crippen molar-refractivity contribution in [2.24, 2.45) is 0 Å². The quantitative estimate of drug-likeness (QED) is 0.672. The van der Waals surface area contributed by atoms with Crippen molar-refractivity contribution >= 4 is 0 Å². The largest absolute Gasteiger partial charge is 0.307 e. The van der Waals surface area contributed by atoms with E-state index >= 15 is 0 Å². The number of nitrogens with zero attached hydrogens (tertiary/aromatic N) is 1. The average molecular weight is 188 g/mol. The maximum atomic E-state index is 4.79. The lowest BCUT2D eigenvalue weighted by molar-refractivity contribution is 0.659. The Kier molecular flexibility index (Phi) is 1.84. The fourth-order valence-corrected chi connectivity index (χ4v) is 2.73. The second-order valence-electron chi connectivity index (χ2n) is 4.40. The number of aromatic nitrogens is 1. The van der Waals surface area contributed by atoms with Gasteiger partial charge in [-0.3, -0.25) is 4.98 Å². The molecular formula is C12H16N2. The van der Waals surface area contributed by atoms with Crippen LogP contribution in [0.4, 0.5) is 0 Å². The zero-order valence-corrected chi connectivity index (χ0v) is 8.69. The first-order chi connectivity index (χ1) is 6.86. The third-order valence-corrected chi connectivity index (χ3v) is 3.56. The molecule has 0 aromatic carbocycles. The first-order valence-corrected chi connectivity index (χ1v) is 5.57. The Labute approximate surface area is 84.7 Å². The lowest BCUT2D eigenvalue weighted by atomic mass is 9.90. The van der Waals surface area contributed by atoms with E-state index in [1.54, 1.807) is 5.56 Å². The predicted octanol–water partition coefficient (Wildman–Crippen LogP) is 1.87. The molecule has 0 amide bonds. The molecule has 14 heavy (non-hydrogen) atoms. The van der Waals surface area contributed by atoms with Crippen LogP contribution in [0.2, 0.25) is 0 Å². The average Bonchev–Trinajstić information content (AvgIpc) is 2.66. The van der Waals surface area contributed by atoms with Crippen molar-refractivity contribution in [2.45, 2.75) is 45.7 Å². The standard InChI is InChI=1S/C12H16N2/c1-8-9-4-2-3-5-11(9)14-12-7-13-6-10(8)12/h13H,2-7H2,1H3. The van der Waals surface area contributed by atoms with E-state index in [9.17, 15) is 0 Å². The molecule has 0 bridgehead atoms. The minimum absolute atomic E-state index is 0.976. The summed E-state index contributed by atoms with van der Waals surface area (Å²) < 4.78 is 0. The van der Waals surface area contributed by atoms with Gasteiger partial charge in [0.05, 0.1) is 5.69 Å². The maximum Gasteiger partial charge on any atom is 0.0592 e. The molecule has 0 radical (unpaired) electrons. The number of hydrogen-bond acceptors (Lipinski definition) is 2. The molecule has 2 aliphatic rings. The third-order valence-electron chi connectivity index (χ3n) is 3.56. The van der Waals surface area contributed by atoms with Crippen LogP contribution in [-0.2, 0) is 25.9 Å². The Morgan fingerprint density at radius 2 is 1.86 bits per heavy atom. The van der Waals surface area contributed by atoms with Gasteiger partial charge < -0.3 is 5.32 Å². The van der Waals surface area contributed by atoms with Crippen LogP contribution in [0, 0.1) is 6.92 Å². The third kappa shape index (κ3) is 1.10. The van der Waals surface area contributed by atoms with E-state index in [2.05, 4.69) is 12.2 Å². The molecule has 2 heterocycles. The van der Waals surface area contributed by atoms with Crippen molar-refractivity contribution in [3.05, 3.63) is 28.1 Å². The van der Waals surface area contributed by atoms with Gasteiger partial charge in [0.1, 0.15) is 0 Å². The number of hydrogen-bond donors (Lipinski definition) is 1. The van der Waals surface area contributed by atoms with E-state index in [4.69, 9.17) is 4.98 Å². The van der Waals surface area contributed by atoms with Crippen molar-refractivity contribution in [1.29, 1.82) is 0 Å². The Morgan fingerprint density at radius 1 is 1.00 bits per heavy atom. The highest BCUT2D eigenvalue weighted by atomic mass is 14.9. The number of fused-ring (bicyclic) bond motifs is 2. The van der Waals surface area contributed by atoms with Gasteiger partial charge in [-0.25, -0.2) is 0 Å². The molecular weight excluding hydrogens is 172 g/mol. The number of rotatable bonds is 0. The molecule has 1 aliphatic heterocycles. The molecule has 0 fully saturated rings. The SMILES string of the molecule is Cc1c2c(nc3c1CNC3)CCCC2. The molecule has 1 aromatic rings. The van der Waals surface area contributed by atoms with E-state index < -0.39 is 0 Å². The monoisotopic (exact) mass is 188 g/mol. The summed E-state index contributed by atoms with van der Waals surface area (Å²) in [6, 6.07) is 0. The lowest BCUT2D eigenvalue weighted by Gasteiger charge is -2.19. The van der Waals surface area contributed by atoms with Crippen LogP contribution >= 0.6 is 0 Å². The van der Waals surface area contributed by atoms with E-state index in [0.717, 1.165) is 13.1 Å². The maximum absolute atomic E-state index is 4.79. The molecule has 3 rings (SSSR count). The summed E-state index contributed by atoms with van der Waals surface area (Å²) in [4.78, 5) is 4.79.